The Morgan fingerprint density at radius 3 is 2.52 bits per heavy atom. The van der Waals surface area contributed by atoms with Crippen molar-refractivity contribution in [1.82, 2.24) is 15.3 Å². The summed E-state index contributed by atoms with van der Waals surface area (Å²) < 4.78 is 0. The summed E-state index contributed by atoms with van der Waals surface area (Å²) in [6.45, 7) is 10.6. The molecule has 0 amide bonds. The molecule has 1 aromatic rings. The van der Waals surface area contributed by atoms with Crippen LogP contribution in [0.15, 0.2) is 6.20 Å². The first-order valence-electron chi connectivity index (χ1n) is 8.28. The van der Waals surface area contributed by atoms with Gasteiger partial charge in [-0.2, -0.15) is 0 Å². The van der Waals surface area contributed by atoms with Crippen molar-refractivity contribution in [2.75, 3.05) is 18.5 Å². The number of aromatic nitrogens is 2. The van der Waals surface area contributed by atoms with E-state index in [2.05, 4.69) is 49.9 Å². The lowest BCUT2D eigenvalue weighted by atomic mass is 9.91. The van der Waals surface area contributed by atoms with Crippen LogP contribution in [-0.4, -0.2) is 29.6 Å². The van der Waals surface area contributed by atoms with Crippen LogP contribution in [0.25, 0.3) is 0 Å². The number of hydrogen-bond donors (Lipinski definition) is 1. The molecule has 0 aliphatic heterocycles. The van der Waals surface area contributed by atoms with E-state index >= 15 is 0 Å². The fourth-order valence-corrected chi connectivity index (χ4v) is 2.58. The maximum atomic E-state index is 4.82. The Balaban J connectivity index is 2.16. The molecule has 1 aliphatic rings. The number of anilines is 1. The highest BCUT2D eigenvalue weighted by Gasteiger charge is 2.24. The van der Waals surface area contributed by atoms with Gasteiger partial charge in [0.05, 0.1) is 17.6 Å². The van der Waals surface area contributed by atoms with Crippen LogP contribution in [0.3, 0.4) is 0 Å². The summed E-state index contributed by atoms with van der Waals surface area (Å²) in [4.78, 5) is 11.8. The second kappa shape index (κ2) is 7.21. The van der Waals surface area contributed by atoms with Gasteiger partial charge in [-0.3, -0.25) is 0 Å². The molecule has 4 nitrogen and oxygen atoms in total. The van der Waals surface area contributed by atoms with Gasteiger partial charge in [0, 0.05) is 25.6 Å². The van der Waals surface area contributed by atoms with E-state index in [0.717, 1.165) is 24.6 Å². The van der Waals surface area contributed by atoms with E-state index in [9.17, 15) is 0 Å². The molecule has 1 aliphatic carbocycles. The Bertz CT molecular complexity index is 452. The van der Waals surface area contributed by atoms with Crippen LogP contribution in [0.5, 0.6) is 0 Å². The highest BCUT2D eigenvalue weighted by Crippen LogP contribution is 2.29. The van der Waals surface area contributed by atoms with Crippen LogP contribution < -0.4 is 10.2 Å². The lowest BCUT2D eigenvalue weighted by Crippen LogP contribution is -2.38. The van der Waals surface area contributed by atoms with Gasteiger partial charge in [0.15, 0.2) is 0 Å². The van der Waals surface area contributed by atoms with Crippen LogP contribution in [0, 0.1) is 5.92 Å². The topological polar surface area (TPSA) is 41.1 Å². The monoisotopic (exact) mass is 290 g/mol. The average molecular weight is 290 g/mol. The molecule has 1 saturated carbocycles. The minimum Gasteiger partial charge on any atom is -0.369 e. The zero-order chi connectivity index (χ0) is 15.4. The van der Waals surface area contributed by atoms with Gasteiger partial charge in [0.2, 0.25) is 0 Å². The Labute approximate surface area is 129 Å². The molecular weight excluding hydrogens is 260 g/mol. The zero-order valence-electron chi connectivity index (χ0n) is 14.2. The van der Waals surface area contributed by atoms with E-state index in [1.54, 1.807) is 0 Å². The Hall–Kier alpha value is -1.16. The molecule has 1 N–H and O–H groups in total. The highest BCUT2D eigenvalue weighted by molar-refractivity contribution is 5.49. The number of nitrogens with one attached hydrogen (secondary N) is 1. The lowest BCUT2D eigenvalue weighted by Gasteiger charge is -2.37. The minimum absolute atomic E-state index is 0.372. The van der Waals surface area contributed by atoms with Crippen molar-refractivity contribution in [3.8, 4) is 0 Å². The first-order chi connectivity index (χ1) is 9.99. The number of nitrogens with zero attached hydrogens (tertiary/aromatic N) is 3. The van der Waals surface area contributed by atoms with Crippen LogP contribution in [0.1, 0.15) is 64.4 Å². The molecule has 0 radical (unpaired) electrons. The number of rotatable bonds is 7. The predicted octanol–water partition coefficient (Wildman–Crippen LogP) is 3.33. The summed E-state index contributed by atoms with van der Waals surface area (Å²) in [5.74, 6) is 1.98. The molecule has 0 bridgehead atoms. The molecule has 0 unspecified atom stereocenters. The smallest absolute Gasteiger partial charge is 0.131 e. The summed E-state index contributed by atoms with van der Waals surface area (Å²) in [6, 6.07) is 0.669. The van der Waals surface area contributed by atoms with Gasteiger partial charge in [0.25, 0.3) is 0 Å². The SMILES string of the molecule is CC(C)CNCc1nc(C(C)C)ncc1N(C)C1CCC1. The van der Waals surface area contributed by atoms with E-state index < -0.39 is 0 Å². The van der Waals surface area contributed by atoms with Gasteiger partial charge in [-0.05, 0) is 31.7 Å². The van der Waals surface area contributed by atoms with Gasteiger partial charge in [-0.25, -0.2) is 9.97 Å². The third-order valence-electron chi connectivity index (χ3n) is 4.23. The Morgan fingerprint density at radius 1 is 1.29 bits per heavy atom. The second-order valence-electron chi connectivity index (χ2n) is 6.94. The highest BCUT2D eigenvalue weighted by atomic mass is 15.2. The lowest BCUT2D eigenvalue weighted by molar-refractivity contribution is 0.399. The van der Waals surface area contributed by atoms with E-state index in [1.807, 2.05) is 6.20 Å². The predicted molar refractivity (Wildman–Crippen MR) is 88.7 cm³/mol. The second-order valence-corrected chi connectivity index (χ2v) is 6.94. The van der Waals surface area contributed by atoms with E-state index in [1.165, 1.54) is 24.9 Å². The molecule has 4 heteroatoms. The molecule has 0 saturated heterocycles. The zero-order valence-corrected chi connectivity index (χ0v) is 14.2. The van der Waals surface area contributed by atoms with Crippen molar-refractivity contribution in [2.45, 2.75) is 65.5 Å². The molecule has 0 spiro atoms. The number of hydrogen-bond acceptors (Lipinski definition) is 4. The first kappa shape index (κ1) is 16.2. The van der Waals surface area contributed by atoms with Gasteiger partial charge in [0.1, 0.15) is 5.82 Å². The average Bonchev–Trinajstić information content (AvgIpc) is 2.35. The maximum absolute atomic E-state index is 4.82. The van der Waals surface area contributed by atoms with Gasteiger partial charge < -0.3 is 10.2 Å². The van der Waals surface area contributed by atoms with Crippen molar-refractivity contribution in [3.05, 3.63) is 17.7 Å². The summed E-state index contributed by atoms with van der Waals surface area (Å²) >= 11 is 0. The molecule has 2 rings (SSSR count). The standard InChI is InChI=1S/C17H30N4/c1-12(2)9-18-10-15-16(21(5)14-7-6-8-14)11-19-17(20-15)13(3)4/h11-14,18H,6-10H2,1-5H3. The molecule has 0 atom stereocenters. The van der Waals surface area contributed by atoms with Crippen molar-refractivity contribution >= 4 is 5.69 Å². The van der Waals surface area contributed by atoms with E-state index in [4.69, 9.17) is 4.98 Å². The van der Waals surface area contributed by atoms with Crippen molar-refractivity contribution in [2.24, 2.45) is 5.92 Å². The molecule has 118 valence electrons. The quantitative estimate of drug-likeness (QED) is 0.836. The van der Waals surface area contributed by atoms with Crippen LogP contribution in [0.2, 0.25) is 0 Å². The van der Waals surface area contributed by atoms with E-state index in [-0.39, 0.29) is 0 Å². The summed E-state index contributed by atoms with van der Waals surface area (Å²) in [5, 5.41) is 3.52. The minimum atomic E-state index is 0.372. The summed E-state index contributed by atoms with van der Waals surface area (Å²) in [7, 11) is 2.18. The maximum Gasteiger partial charge on any atom is 0.131 e. The molecule has 21 heavy (non-hydrogen) atoms. The van der Waals surface area contributed by atoms with Crippen LogP contribution in [0.4, 0.5) is 5.69 Å². The largest absolute Gasteiger partial charge is 0.369 e. The van der Waals surface area contributed by atoms with Gasteiger partial charge >= 0.3 is 0 Å². The fourth-order valence-electron chi connectivity index (χ4n) is 2.58. The van der Waals surface area contributed by atoms with Crippen molar-refractivity contribution in [1.29, 1.82) is 0 Å². The molecular formula is C17H30N4. The molecule has 0 aromatic carbocycles. The van der Waals surface area contributed by atoms with Crippen molar-refractivity contribution in [3.63, 3.8) is 0 Å². The van der Waals surface area contributed by atoms with Crippen LogP contribution >= 0.6 is 0 Å². The van der Waals surface area contributed by atoms with E-state index in [0.29, 0.717) is 17.9 Å². The molecule has 1 heterocycles. The summed E-state index contributed by atoms with van der Waals surface area (Å²) in [6.07, 6.45) is 5.95. The first-order valence-corrected chi connectivity index (χ1v) is 8.28. The Kier molecular flexibility index (Phi) is 5.57. The Morgan fingerprint density at radius 2 is 2.00 bits per heavy atom. The normalized spacial score (nSPS) is 15.6. The van der Waals surface area contributed by atoms with Crippen LogP contribution in [-0.2, 0) is 6.54 Å². The third kappa shape index (κ3) is 4.16. The van der Waals surface area contributed by atoms with Gasteiger partial charge in [-0.1, -0.05) is 27.7 Å². The molecule has 1 aromatic heterocycles. The summed E-state index contributed by atoms with van der Waals surface area (Å²) in [5.41, 5.74) is 2.34. The fraction of sp³-hybridized carbons (Fsp3) is 0.765. The van der Waals surface area contributed by atoms with Gasteiger partial charge in [-0.15, -0.1) is 0 Å². The third-order valence-corrected chi connectivity index (χ3v) is 4.23. The van der Waals surface area contributed by atoms with Crippen molar-refractivity contribution < 1.29 is 0 Å². The molecule has 1 fully saturated rings.